The van der Waals surface area contributed by atoms with E-state index in [1.165, 1.54) is 29.0 Å². The highest BCUT2D eigenvalue weighted by molar-refractivity contribution is 5.94. The number of carbonyl (C=O) groups is 1. The molecule has 200 valence electrons. The molecule has 5 rings (SSSR count). The van der Waals surface area contributed by atoms with Crippen molar-refractivity contribution in [1.82, 2.24) is 20.2 Å². The molecule has 3 heterocycles. The van der Waals surface area contributed by atoms with Gasteiger partial charge in [-0.05, 0) is 57.3 Å². The third kappa shape index (κ3) is 5.60. The van der Waals surface area contributed by atoms with E-state index < -0.39 is 0 Å². The van der Waals surface area contributed by atoms with Crippen LogP contribution in [0.15, 0.2) is 55.1 Å². The first kappa shape index (κ1) is 26.0. The van der Waals surface area contributed by atoms with Crippen LogP contribution >= 0.6 is 0 Å². The van der Waals surface area contributed by atoms with Crippen LogP contribution in [-0.4, -0.2) is 73.2 Å². The maximum absolute atomic E-state index is 11.8. The number of fused-ring (bicyclic) bond motifs is 2. The molecule has 8 nitrogen and oxygen atoms in total. The van der Waals surface area contributed by atoms with Crippen LogP contribution in [0, 0.1) is 0 Å². The van der Waals surface area contributed by atoms with Crippen LogP contribution in [0.3, 0.4) is 0 Å². The molecule has 2 aliphatic heterocycles. The molecular formula is C30H38N6O2. The average Bonchev–Trinajstić information content (AvgIpc) is 3.34. The zero-order chi connectivity index (χ0) is 26.6. The van der Waals surface area contributed by atoms with Crippen molar-refractivity contribution in [2.45, 2.75) is 44.8 Å². The second-order valence-electron chi connectivity index (χ2n) is 10.5. The van der Waals surface area contributed by atoms with Crippen molar-refractivity contribution >= 4 is 28.2 Å². The molecule has 0 bridgehead atoms. The van der Waals surface area contributed by atoms with Crippen LogP contribution in [0.5, 0.6) is 6.01 Å². The standard InChI is InChI=1S/C30H38N6O2/c1-5-28(37)31-21(2)18-35(4)29-25-15-17-36(27-14-8-11-22-10-6-7-13-24(22)27)19-26(25)32-30(33-29)38-20-23-12-9-16-34(23)3/h5-8,10-11,13-14,21,23H,1,9,12,15-20H2,2-4H3,(H,31,37)/t21-,23+/m1/s1. The van der Waals surface area contributed by atoms with Crippen LogP contribution in [0.25, 0.3) is 10.8 Å². The summed E-state index contributed by atoms with van der Waals surface area (Å²) in [5, 5.41) is 5.43. The zero-order valence-electron chi connectivity index (χ0n) is 22.7. The van der Waals surface area contributed by atoms with Gasteiger partial charge in [0.05, 0.1) is 12.2 Å². The highest BCUT2D eigenvalue weighted by Crippen LogP contribution is 2.34. The van der Waals surface area contributed by atoms with Gasteiger partial charge in [-0.3, -0.25) is 4.79 Å². The summed E-state index contributed by atoms with van der Waals surface area (Å²) >= 11 is 0. The van der Waals surface area contributed by atoms with E-state index in [1.807, 2.05) is 14.0 Å². The topological polar surface area (TPSA) is 73.8 Å². The Bertz CT molecular complexity index is 1310. The summed E-state index contributed by atoms with van der Waals surface area (Å²) in [7, 11) is 4.17. The van der Waals surface area contributed by atoms with Gasteiger partial charge in [-0.25, -0.2) is 0 Å². The number of likely N-dealkylation sites (tertiary alicyclic amines) is 1. The number of nitrogens with one attached hydrogen (secondary N) is 1. The minimum absolute atomic E-state index is 0.0663. The fraction of sp³-hybridized carbons (Fsp3) is 0.433. The van der Waals surface area contributed by atoms with Crippen molar-refractivity contribution in [2.24, 2.45) is 0 Å². The first-order valence-electron chi connectivity index (χ1n) is 13.5. The number of likely N-dealkylation sites (N-methyl/N-ethyl adjacent to an activating group) is 2. The number of amides is 1. The van der Waals surface area contributed by atoms with Gasteiger partial charge in [0.2, 0.25) is 5.91 Å². The Morgan fingerprint density at radius 3 is 2.84 bits per heavy atom. The molecule has 0 unspecified atom stereocenters. The zero-order valence-corrected chi connectivity index (χ0v) is 22.7. The van der Waals surface area contributed by atoms with E-state index >= 15 is 0 Å². The Kier molecular flexibility index (Phi) is 7.79. The van der Waals surface area contributed by atoms with Crippen molar-refractivity contribution in [3.8, 4) is 6.01 Å². The van der Waals surface area contributed by atoms with Crippen LogP contribution < -0.4 is 19.9 Å². The van der Waals surface area contributed by atoms with Gasteiger partial charge in [0.25, 0.3) is 0 Å². The number of anilines is 2. The summed E-state index contributed by atoms with van der Waals surface area (Å²) in [6.07, 6.45) is 4.45. The van der Waals surface area contributed by atoms with E-state index in [0.29, 0.717) is 31.7 Å². The minimum atomic E-state index is -0.175. The van der Waals surface area contributed by atoms with Gasteiger partial charge in [0, 0.05) is 48.9 Å². The summed E-state index contributed by atoms with van der Waals surface area (Å²) in [6, 6.07) is 15.7. The summed E-state index contributed by atoms with van der Waals surface area (Å²) < 4.78 is 6.22. The monoisotopic (exact) mass is 514 g/mol. The largest absolute Gasteiger partial charge is 0.462 e. The molecule has 1 N–H and O–H groups in total. The Morgan fingerprint density at radius 1 is 1.24 bits per heavy atom. The lowest BCUT2D eigenvalue weighted by Crippen LogP contribution is -2.41. The van der Waals surface area contributed by atoms with Crippen molar-refractivity contribution in [3.63, 3.8) is 0 Å². The highest BCUT2D eigenvalue weighted by atomic mass is 16.5. The van der Waals surface area contributed by atoms with E-state index in [-0.39, 0.29) is 11.9 Å². The second-order valence-corrected chi connectivity index (χ2v) is 10.5. The van der Waals surface area contributed by atoms with Crippen LogP contribution in [0.2, 0.25) is 0 Å². The smallest absolute Gasteiger partial charge is 0.318 e. The molecule has 8 heteroatoms. The molecule has 1 amide bonds. The predicted octanol–water partition coefficient (Wildman–Crippen LogP) is 3.79. The van der Waals surface area contributed by atoms with Crippen molar-refractivity contribution in [2.75, 3.05) is 50.1 Å². The predicted molar refractivity (Wildman–Crippen MR) is 153 cm³/mol. The van der Waals surface area contributed by atoms with E-state index in [4.69, 9.17) is 14.7 Å². The Hall–Kier alpha value is -3.65. The van der Waals surface area contributed by atoms with Gasteiger partial charge in [-0.1, -0.05) is 43.0 Å². The number of hydrogen-bond donors (Lipinski definition) is 1. The molecule has 2 aromatic carbocycles. The van der Waals surface area contributed by atoms with Crippen LogP contribution in [0.1, 0.15) is 31.0 Å². The van der Waals surface area contributed by atoms with Gasteiger partial charge in [-0.15, -0.1) is 0 Å². The first-order valence-corrected chi connectivity index (χ1v) is 13.5. The summed E-state index contributed by atoms with van der Waals surface area (Å²) in [5.74, 6) is 0.702. The molecule has 0 aliphatic carbocycles. The lowest BCUT2D eigenvalue weighted by Gasteiger charge is -2.34. The fourth-order valence-electron chi connectivity index (χ4n) is 5.66. The lowest BCUT2D eigenvalue weighted by molar-refractivity contribution is -0.117. The molecule has 1 saturated heterocycles. The molecule has 2 aliphatic rings. The lowest BCUT2D eigenvalue weighted by atomic mass is 10.0. The molecule has 0 spiro atoms. The van der Waals surface area contributed by atoms with Gasteiger partial charge >= 0.3 is 6.01 Å². The Balaban J connectivity index is 1.43. The molecule has 1 aromatic heterocycles. The van der Waals surface area contributed by atoms with Crippen LogP contribution in [-0.2, 0) is 17.8 Å². The third-order valence-electron chi connectivity index (χ3n) is 7.69. The normalized spacial score (nSPS) is 18.2. The number of aromatic nitrogens is 2. The number of rotatable bonds is 9. The quantitative estimate of drug-likeness (QED) is 0.436. The molecule has 1 fully saturated rings. The van der Waals surface area contributed by atoms with Crippen molar-refractivity contribution in [1.29, 1.82) is 0 Å². The maximum Gasteiger partial charge on any atom is 0.318 e. The van der Waals surface area contributed by atoms with E-state index in [1.54, 1.807) is 0 Å². The molecule has 0 saturated carbocycles. The number of nitrogens with zero attached hydrogens (tertiary/aromatic N) is 5. The first-order chi connectivity index (χ1) is 18.4. The van der Waals surface area contributed by atoms with E-state index in [0.717, 1.165) is 43.0 Å². The van der Waals surface area contributed by atoms with E-state index in [9.17, 15) is 4.79 Å². The summed E-state index contributed by atoms with van der Waals surface area (Å²) in [5.41, 5.74) is 3.37. The molecule has 38 heavy (non-hydrogen) atoms. The van der Waals surface area contributed by atoms with Crippen LogP contribution in [0.4, 0.5) is 11.5 Å². The molecule has 3 aromatic rings. The van der Waals surface area contributed by atoms with Gasteiger partial charge in [-0.2, -0.15) is 9.97 Å². The van der Waals surface area contributed by atoms with Gasteiger partial charge < -0.3 is 24.8 Å². The number of benzene rings is 2. The van der Waals surface area contributed by atoms with Gasteiger partial charge in [0.1, 0.15) is 12.4 Å². The average molecular weight is 515 g/mol. The number of hydrogen-bond acceptors (Lipinski definition) is 7. The highest BCUT2D eigenvalue weighted by Gasteiger charge is 2.27. The second kappa shape index (κ2) is 11.4. The molecular weight excluding hydrogens is 476 g/mol. The fourth-order valence-corrected chi connectivity index (χ4v) is 5.66. The van der Waals surface area contributed by atoms with Crippen molar-refractivity contribution < 1.29 is 9.53 Å². The minimum Gasteiger partial charge on any atom is -0.462 e. The number of ether oxygens (including phenoxy) is 1. The van der Waals surface area contributed by atoms with Crippen molar-refractivity contribution in [3.05, 3.63) is 66.4 Å². The van der Waals surface area contributed by atoms with Gasteiger partial charge in [0.15, 0.2) is 0 Å². The molecule has 2 atom stereocenters. The maximum atomic E-state index is 11.8. The summed E-state index contributed by atoms with van der Waals surface area (Å²) in [4.78, 5) is 28.5. The number of carbonyl (C=O) groups excluding carboxylic acids is 1. The third-order valence-corrected chi connectivity index (χ3v) is 7.69. The summed E-state index contributed by atoms with van der Waals surface area (Å²) in [6.45, 7) is 9.40. The molecule has 0 radical (unpaired) electrons. The Morgan fingerprint density at radius 2 is 2.05 bits per heavy atom. The SMILES string of the molecule is C=CC(=O)N[C@H](C)CN(C)c1nc(OC[C@@H]2CCCN2C)nc2c1CCN(c1cccc3ccccc13)C2. The Labute approximate surface area is 225 Å². The van der Waals surface area contributed by atoms with E-state index in [2.05, 4.69) is 76.1 Å².